The van der Waals surface area contributed by atoms with E-state index in [0.29, 0.717) is 33.7 Å². The molecule has 0 aromatic carbocycles. The summed E-state index contributed by atoms with van der Waals surface area (Å²) in [6.07, 6.45) is 4.37. The van der Waals surface area contributed by atoms with Crippen molar-refractivity contribution < 1.29 is 13.9 Å². The monoisotopic (exact) mass is 407 g/mol. The van der Waals surface area contributed by atoms with Crippen molar-refractivity contribution in [2.45, 2.75) is 0 Å². The molecule has 144 valence electrons. The summed E-state index contributed by atoms with van der Waals surface area (Å²) in [6, 6.07) is 9.64. The Morgan fingerprint density at radius 3 is 2.62 bits per heavy atom. The Kier molecular flexibility index (Phi) is 5.21. The van der Waals surface area contributed by atoms with Gasteiger partial charge >= 0.3 is 0 Å². The maximum absolute atomic E-state index is 13.0. The lowest BCUT2D eigenvalue weighted by molar-refractivity contribution is 0.102. The van der Waals surface area contributed by atoms with Gasteiger partial charge in [-0.3, -0.25) is 20.1 Å². The third kappa shape index (κ3) is 4.09. The fourth-order valence-corrected chi connectivity index (χ4v) is 3.31. The standard InChI is InChI=1S/C20H14FN5O2S/c1-28-17-5-3-14(18(25-17)12-6-8-22-9-7-12)19(27)26-20-24-16(11-29-20)15-4-2-13(21)10-23-15/h2-11H,1H3,(H,24,26,27). The van der Waals surface area contributed by atoms with E-state index < -0.39 is 5.82 Å². The molecule has 4 heterocycles. The average molecular weight is 407 g/mol. The Morgan fingerprint density at radius 1 is 1.07 bits per heavy atom. The number of methoxy groups -OCH3 is 1. The fraction of sp³-hybridized carbons (Fsp3) is 0.0500. The molecule has 0 aliphatic rings. The molecule has 7 nitrogen and oxygen atoms in total. The molecule has 0 saturated heterocycles. The normalized spacial score (nSPS) is 10.6. The van der Waals surface area contributed by atoms with Crippen LogP contribution in [0.5, 0.6) is 5.88 Å². The summed E-state index contributed by atoms with van der Waals surface area (Å²) in [4.78, 5) is 29.7. The van der Waals surface area contributed by atoms with Gasteiger partial charge in [0, 0.05) is 29.4 Å². The van der Waals surface area contributed by atoms with Crippen LogP contribution in [0, 0.1) is 5.82 Å². The van der Waals surface area contributed by atoms with Crippen molar-refractivity contribution in [1.29, 1.82) is 0 Å². The van der Waals surface area contributed by atoms with Crippen molar-refractivity contribution in [1.82, 2.24) is 19.9 Å². The highest BCUT2D eigenvalue weighted by Crippen LogP contribution is 2.27. The van der Waals surface area contributed by atoms with Crippen molar-refractivity contribution in [2.75, 3.05) is 12.4 Å². The molecule has 0 spiro atoms. The number of carbonyl (C=O) groups is 1. The zero-order valence-corrected chi connectivity index (χ0v) is 16.0. The number of halogens is 1. The van der Waals surface area contributed by atoms with E-state index in [0.717, 1.165) is 11.8 Å². The number of hydrogen-bond acceptors (Lipinski definition) is 7. The number of amides is 1. The van der Waals surface area contributed by atoms with Gasteiger partial charge in [0.2, 0.25) is 5.88 Å². The molecular weight excluding hydrogens is 393 g/mol. The summed E-state index contributed by atoms with van der Waals surface area (Å²) in [5.41, 5.74) is 2.65. The number of pyridine rings is 3. The van der Waals surface area contributed by atoms with Crippen LogP contribution in [0.2, 0.25) is 0 Å². The minimum absolute atomic E-state index is 0.361. The van der Waals surface area contributed by atoms with Gasteiger partial charge in [-0.25, -0.2) is 14.4 Å². The van der Waals surface area contributed by atoms with E-state index in [4.69, 9.17) is 4.74 Å². The van der Waals surface area contributed by atoms with Crippen molar-refractivity contribution in [3.05, 3.63) is 71.7 Å². The van der Waals surface area contributed by atoms with Crippen molar-refractivity contribution in [3.8, 4) is 28.5 Å². The van der Waals surface area contributed by atoms with Crippen LogP contribution in [-0.4, -0.2) is 33.0 Å². The van der Waals surface area contributed by atoms with Gasteiger partial charge in [0.1, 0.15) is 11.5 Å². The van der Waals surface area contributed by atoms with Crippen LogP contribution in [0.15, 0.2) is 60.4 Å². The lowest BCUT2D eigenvalue weighted by Crippen LogP contribution is -2.14. The topological polar surface area (TPSA) is 89.9 Å². The molecule has 0 atom stereocenters. The molecule has 1 N–H and O–H groups in total. The van der Waals surface area contributed by atoms with Gasteiger partial charge in [0.15, 0.2) is 5.13 Å². The number of rotatable bonds is 5. The lowest BCUT2D eigenvalue weighted by Gasteiger charge is -2.10. The van der Waals surface area contributed by atoms with Gasteiger partial charge in [-0.2, -0.15) is 0 Å². The van der Waals surface area contributed by atoms with Crippen molar-refractivity contribution in [3.63, 3.8) is 0 Å². The summed E-state index contributed by atoms with van der Waals surface area (Å²) < 4.78 is 18.2. The zero-order valence-electron chi connectivity index (χ0n) is 15.2. The van der Waals surface area contributed by atoms with Crippen molar-refractivity contribution >= 4 is 22.4 Å². The third-order valence-corrected chi connectivity index (χ3v) is 4.75. The second-order valence-electron chi connectivity index (χ2n) is 5.84. The molecule has 9 heteroatoms. The first-order valence-electron chi connectivity index (χ1n) is 8.48. The number of anilines is 1. The lowest BCUT2D eigenvalue weighted by atomic mass is 10.1. The minimum atomic E-state index is -0.423. The van der Waals surface area contributed by atoms with Gasteiger partial charge in [-0.1, -0.05) is 0 Å². The summed E-state index contributed by atoms with van der Waals surface area (Å²) in [5.74, 6) is -0.389. The number of aromatic nitrogens is 4. The van der Waals surface area contributed by atoms with Crippen LogP contribution in [0.4, 0.5) is 9.52 Å². The number of nitrogens with one attached hydrogen (secondary N) is 1. The van der Waals surface area contributed by atoms with Crippen molar-refractivity contribution in [2.24, 2.45) is 0 Å². The Bertz CT molecular complexity index is 1150. The molecular formula is C20H14FN5O2S. The second-order valence-corrected chi connectivity index (χ2v) is 6.70. The Labute approximate surface area is 169 Å². The maximum Gasteiger partial charge on any atom is 0.259 e. The van der Waals surface area contributed by atoms with E-state index in [1.807, 2.05) is 0 Å². The molecule has 1 amide bonds. The minimum Gasteiger partial charge on any atom is -0.481 e. The van der Waals surface area contributed by atoms with Crippen LogP contribution in [0.3, 0.4) is 0 Å². The van der Waals surface area contributed by atoms with Crippen LogP contribution >= 0.6 is 11.3 Å². The fourth-order valence-electron chi connectivity index (χ4n) is 2.61. The molecule has 4 rings (SSSR count). The number of ether oxygens (including phenoxy) is 1. The number of thiazole rings is 1. The molecule has 0 radical (unpaired) electrons. The highest BCUT2D eigenvalue weighted by Gasteiger charge is 2.17. The van der Waals surface area contributed by atoms with Gasteiger partial charge in [0.05, 0.1) is 30.3 Å². The highest BCUT2D eigenvalue weighted by atomic mass is 32.1. The molecule has 0 saturated carbocycles. The largest absolute Gasteiger partial charge is 0.481 e. The molecule has 4 aromatic rings. The molecule has 0 bridgehead atoms. The zero-order chi connectivity index (χ0) is 20.2. The smallest absolute Gasteiger partial charge is 0.259 e. The van der Waals surface area contributed by atoms with Crippen LogP contribution < -0.4 is 10.1 Å². The maximum atomic E-state index is 13.0. The van der Waals surface area contributed by atoms with E-state index in [2.05, 4.69) is 25.3 Å². The molecule has 0 fully saturated rings. The molecule has 0 unspecified atom stereocenters. The first-order valence-corrected chi connectivity index (χ1v) is 9.36. The summed E-state index contributed by atoms with van der Waals surface area (Å²) in [5, 5.41) is 4.92. The third-order valence-electron chi connectivity index (χ3n) is 3.99. The Morgan fingerprint density at radius 2 is 1.90 bits per heavy atom. The summed E-state index contributed by atoms with van der Waals surface area (Å²) in [6.45, 7) is 0. The Balaban J connectivity index is 1.61. The van der Waals surface area contributed by atoms with E-state index in [1.54, 1.807) is 42.0 Å². The van der Waals surface area contributed by atoms with E-state index in [1.165, 1.54) is 30.6 Å². The summed E-state index contributed by atoms with van der Waals surface area (Å²) >= 11 is 1.25. The first-order chi connectivity index (χ1) is 14.1. The van der Waals surface area contributed by atoms with Crippen LogP contribution in [0.25, 0.3) is 22.6 Å². The predicted octanol–water partition coefficient (Wildman–Crippen LogP) is 4.06. The van der Waals surface area contributed by atoms with E-state index in [9.17, 15) is 9.18 Å². The number of hydrogen-bond donors (Lipinski definition) is 1. The molecule has 0 aliphatic heterocycles. The summed E-state index contributed by atoms with van der Waals surface area (Å²) in [7, 11) is 1.51. The average Bonchev–Trinajstić information content (AvgIpc) is 3.22. The second kappa shape index (κ2) is 8.11. The number of carbonyl (C=O) groups excluding carboxylic acids is 1. The van der Waals surface area contributed by atoms with E-state index in [-0.39, 0.29) is 5.91 Å². The number of nitrogens with zero attached hydrogens (tertiary/aromatic N) is 4. The Hall–Kier alpha value is -3.72. The van der Waals surface area contributed by atoms with Gasteiger partial charge in [0.25, 0.3) is 5.91 Å². The van der Waals surface area contributed by atoms with Gasteiger partial charge < -0.3 is 4.74 Å². The molecule has 4 aromatic heterocycles. The van der Waals surface area contributed by atoms with Crippen LogP contribution in [-0.2, 0) is 0 Å². The van der Waals surface area contributed by atoms with E-state index >= 15 is 0 Å². The molecule has 0 aliphatic carbocycles. The highest BCUT2D eigenvalue weighted by molar-refractivity contribution is 7.14. The quantitative estimate of drug-likeness (QED) is 0.537. The SMILES string of the molecule is COc1ccc(C(=O)Nc2nc(-c3ccc(F)cn3)cs2)c(-c2ccncc2)n1. The van der Waals surface area contributed by atoms with Gasteiger partial charge in [-0.15, -0.1) is 11.3 Å². The first kappa shape index (κ1) is 18.6. The predicted molar refractivity (Wildman–Crippen MR) is 107 cm³/mol. The van der Waals surface area contributed by atoms with Gasteiger partial charge in [-0.05, 0) is 30.3 Å². The van der Waals surface area contributed by atoms with Crippen LogP contribution in [0.1, 0.15) is 10.4 Å². The molecule has 29 heavy (non-hydrogen) atoms.